The number of nitrogens with one attached hydrogen (secondary N) is 2. The number of morpholine rings is 1. The standard InChI is InChI=1S/C21H20F5N3O3/c22-13-1-3-15(17(23)11-13)20(31)27-6-5-19(30)28-18-4-2-14(12-16(18)21(24,25)26)29-7-9-32-10-8-29/h1-4,11-12H,5-10H2,(H,27,31)(H,28,30). The smallest absolute Gasteiger partial charge is 0.378 e. The Labute approximate surface area is 180 Å². The van der Waals surface area contributed by atoms with Gasteiger partial charge in [-0.15, -0.1) is 0 Å². The number of alkyl halides is 3. The summed E-state index contributed by atoms with van der Waals surface area (Å²) in [4.78, 5) is 25.8. The summed E-state index contributed by atoms with van der Waals surface area (Å²) in [5.41, 5.74) is -1.44. The number of anilines is 2. The van der Waals surface area contributed by atoms with Crippen LogP contribution in [0.15, 0.2) is 36.4 Å². The number of amides is 2. The Bertz CT molecular complexity index is 991. The van der Waals surface area contributed by atoms with Gasteiger partial charge in [0, 0.05) is 37.8 Å². The van der Waals surface area contributed by atoms with Crippen molar-refractivity contribution >= 4 is 23.2 Å². The Kier molecular flexibility index (Phi) is 7.29. The van der Waals surface area contributed by atoms with Crippen LogP contribution in [0.2, 0.25) is 0 Å². The molecule has 2 aromatic rings. The fraction of sp³-hybridized carbons (Fsp3) is 0.333. The molecule has 0 atom stereocenters. The number of carbonyl (C=O) groups excluding carboxylic acids is 2. The third-order valence-electron chi connectivity index (χ3n) is 4.77. The van der Waals surface area contributed by atoms with Gasteiger partial charge in [-0.05, 0) is 30.3 Å². The minimum atomic E-state index is -4.70. The lowest BCUT2D eigenvalue weighted by Crippen LogP contribution is -2.36. The first kappa shape index (κ1) is 23.5. The quantitative estimate of drug-likeness (QED) is 0.651. The zero-order valence-corrected chi connectivity index (χ0v) is 16.8. The first-order valence-corrected chi connectivity index (χ1v) is 9.72. The molecule has 6 nitrogen and oxygen atoms in total. The fourth-order valence-corrected chi connectivity index (χ4v) is 3.17. The number of halogens is 5. The molecular weight excluding hydrogens is 437 g/mol. The van der Waals surface area contributed by atoms with Crippen LogP contribution in [0.4, 0.5) is 33.3 Å². The normalized spacial score (nSPS) is 14.2. The molecule has 0 spiro atoms. The molecule has 1 fully saturated rings. The molecule has 3 rings (SSSR count). The highest BCUT2D eigenvalue weighted by atomic mass is 19.4. The lowest BCUT2D eigenvalue weighted by molar-refractivity contribution is -0.136. The van der Waals surface area contributed by atoms with Gasteiger partial charge in [-0.1, -0.05) is 0 Å². The van der Waals surface area contributed by atoms with Gasteiger partial charge >= 0.3 is 6.18 Å². The third kappa shape index (κ3) is 5.94. The molecule has 32 heavy (non-hydrogen) atoms. The molecule has 0 aliphatic carbocycles. The first-order valence-electron chi connectivity index (χ1n) is 9.72. The highest BCUT2D eigenvalue weighted by molar-refractivity contribution is 5.95. The lowest BCUT2D eigenvalue weighted by Gasteiger charge is -2.29. The van der Waals surface area contributed by atoms with E-state index in [4.69, 9.17) is 4.74 Å². The molecule has 0 saturated carbocycles. The van der Waals surface area contributed by atoms with Crippen LogP contribution in [0.5, 0.6) is 0 Å². The van der Waals surface area contributed by atoms with E-state index >= 15 is 0 Å². The second kappa shape index (κ2) is 9.94. The lowest BCUT2D eigenvalue weighted by atomic mass is 10.1. The number of rotatable bonds is 6. The Morgan fingerprint density at radius 1 is 1.03 bits per heavy atom. The van der Waals surface area contributed by atoms with Crippen molar-refractivity contribution in [3.05, 3.63) is 59.2 Å². The second-order valence-electron chi connectivity index (χ2n) is 7.01. The zero-order valence-electron chi connectivity index (χ0n) is 16.8. The van der Waals surface area contributed by atoms with Gasteiger partial charge in [0.05, 0.1) is 30.0 Å². The van der Waals surface area contributed by atoms with Gasteiger partial charge in [0.15, 0.2) is 0 Å². The van der Waals surface area contributed by atoms with Crippen molar-refractivity contribution in [2.45, 2.75) is 12.6 Å². The van der Waals surface area contributed by atoms with Gasteiger partial charge in [0.1, 0.15) is 11.6 Å². The summed E-state index contributed by atoms with van der Waals surface area (Å²) in [6.45, 7) is 1.48. The second-order valence-corrected chi connectivity index (χ2v) is 7.01. The molecule has 1 heterocycles. The van der Waals surface area contributed by atoms with Crippen LogP contribution in [0.1, 0.15) is 22.3 Å². The Hall–Kier alpha value is -3.21. The van der Waals surface area contributed by atoms with Gasteiger partial charge in [0.25, 0.3) is 5.91 Å². The molecule has 2 amide bonds. The van der Waals surface area contributed by atoms with E-state index in [1.54, 1.807) is 4.90 Å². The minimum Gasteiger partial charge on any atom is -0.378 e. The third-order valence-corrected chi connectivity index (χ3v) is 4.77. The van der Waals surface area contributed by atoms with E-state index in [0.29, 0.717) is 38.1 Å². The van der Waals surface area contributed by atoms with Crippen molar-refractivity contribution in [3.8, 4) is 0 Å². The van der Waals surface area contributed by atoms with E-state index in [1.165, 1.54) is 12.1 Å². The summed E-state index contributed by atoms with van der Waals surface area (Å²) >= 11 is 0. The van der Waals surface area contributed by atoms with Crippen molar-refractivity contribution in [2.24, 2.45) is 0 Å². The average molecular weight is 457 g/mol. The van der Waals surface area contributed by atoms with Gasteiger partial charge in [0.2, 0.25) is 5.91 Å². The molecule has 172 valence electrons. The Morgan fingerprint density at radius 3 is 2.41 bits per heavy atom. The molecule has 1 saturated heterocycles. The predicted molar refractivity (Wildman–Crippen MR) is 106 cm³/mol. The van der Waals surface area contributed by atoms with Crippen molar-refractivity contribution < 1.29 is 36.3 Å². The van der Waals surface area contributed by atoms with Crippen molar-refractivity contribution in [1.82, 2.24) is 5.32 Å². The van der Waals surface area contributed by atoms with E-state index in [1.807, 2.05) is 0 Å². The number of hydrogen-bond donors (Lipinski definition) is 2. The van der Waals surface area contributed by atoms with Gasteiger partial charge in [-0.25, -0.2) is 8.78 Å². The van der Waals surface area contributed by atoms with Gasteiger partial charge in [-0.2, -0.15) is 13.2 Å². The predicted octanol–water partition coefficient (Wildman–Crippen LogP) is 3.58. The maximum absolute atomic E-state index is 13.6. The molecule has 0 aromatic heterocycles. The van der Waals surface area contributed by atoms with Crippen LogP contribution >= 0.6 is 0 Å². The van der Waals surface area contributed by atoms with Crippen molar-refractivity contribution in [3.63, 3.8) is 0 Å². The molecule has 2 N–H and O–H groups in total. The number of hydrogen-bond acceptors (Lipinski definition) is 4. The molecule has 11 heteroatoms. The Morgan fingerprint density at radius 2 is 1.75 bits per heavy atom. The largest absolute Gasteiger partial charge is 0.418 e. The molecule has 0 unspecified atom stereocenters. The number of ether oxygens (including phenoxy) is 1. The monoisotopic (exact) mass is 457 g/mol. The summed E-state index contributed by atoms with van der Waals surface area (Å²) in [7, 11) is 0. The van der Waals surface area contributed by atoms with Crippen LogP contribution in [-0.4, -0.2) is 44.7 Å². The maximum Gasteiger partial charge on any atom is 0.418 e. The number of carbonyl (C=O) groups is 2. The van der Waals surface area contributed by atoms with E-state index in [9.17, 15) is 31.5 Å². The van der Waals surface area contributed by atoms with Crippen LogP contribution in [0.3, 0.4) is 0 Å². The summed E-state index contributed by atoms with van der Waals surface area (Å²) in [5, 5.41) is 4.47. The molecule has 0 bridgehead atoms. The maximum atomic E-state index is 13.6. The van der Waals surface area contributed by atoms with E-state index in [2.05, 4.69) is 10.6 Å². The number of nitrogens with zero attached hydrogens (tertiary/aromatic N) is 1. The van der Waals surface area contributed by atoms with E-state index < -0.39 is 46.4 Å². The summed E-state index contributed by atoms with van der Waals surface area (Å²) < 4.78 is 72.3. The first-order chi connectivity index (χ1) is 15.1. The van der Waals surface area contributed by atoms with Crippen LogP contribution in [0.25, 0.3) is 0 Å². The zero-order chi connectivity index (χ0) is 23.3. The van der Waals surface area contributed by atoms with Crippen LogP contribution in [0, 0.1) is 11.6 Å². The topological polar surface area (TPSA) is 70.7 Å². The highest BCUT2D eigenvalue weighted by Crippen LogP contribution is 2.37. The summed E-state index contributed by atoms with van der Waals surface area (Å²) in [5.74, 6) is -3.56. The average Bonchev–Trinajstić information content (AvgIpc) is 2.73. The molecule has 2 aromatic carbocycles. The minimum absolute atomic E-state index is 0.255. The summed E-state index contributed by atoms with van der Waals surface area (Å²) in [6, 6.07) is 6.03. The fourth-order valence-electron chi connectivity index (χ4n) is 3.17. The van der Waals surface area contributed by atoms with Crippen molar-refractivity contribution in [1.29, 1.82) is 0 Å². The van der Waals surface area contributed by atoms with Crippen LogP contribution < -0.4 is 15.5 Å². The van der Waals surface area contributed by atoms with E-state index in [0.717, 1.165) is 18.2 Å². The van der Waals surface area contributed by atoms with Crippen molar-refractivity contribution in [2.75, 3.05) is 43.1 Å². The van der Waals surface area contributed by atoms with E-state index in [-0.39, 0.29) is 13.0 Å². The number of benzene rings is 2. The van der Waals surface area contributed by atoms with Crippen LogP contribution in [-0.2, 0) is 15.7 Å². The van der Waals surface area contributed by atoms with Gasteiger partial charge in [-0.3, -0.25) is 9.59 Å². The summed E-state index contributed by atoms with van der Waals surface area (Å²) in [6.07, 6.45) is -5.05. The highest BCUT2D eigenvalue weighted by Gasteiger charge is 2.34. The molecular formula is C21H20F5N3O3. The molecule has 1 aliphatic rings. The SMILES string of the molecule is O=C(CCNC(=O)c1ccc(F)cc1F)Nc1ccc(N2CCOCC2)cc1C(F)(F)F. The Balaban J connectivity index is 1.61. The molecule has 0 radical (unpaired) electrons. The molecule has 1 aliphatic heterocycles. The van der Waals surface area contributed by atoms with Gasteiger partial charge < -0.3 is 20.3 Å².